The van der Waals surface area contributed by atoms with Crippen molar-refractivity contribution >= 4 is 11.6 Å². The van der Waals surface area contributed by atoms with Crippen LogP contribution in [-0.4, -0.2) is 47.4 Å². The highest BCUT2D eigenvalue weighted by atomic mass is 16.5. The van der Waals surface area contributed by atoms with Gasteiger partial charge in [0.2, 0.25) is 5.91 Å². The van der Waals surface area contributed by atoms with Crippen molar-refractivity contribution in [3.63, 3.8) is 0 Å². The average molecular weight is 434 g/mol. The van der Waals surface area contributed by atoms with Crippen molar-refractivity contribution in [2.45, 2.75) is 71.3 Å². The predicted molar refractivity (Wildman–Crippen MR) is 119 cm³/mol. The molecule has 0 aliphatic heterocycles. The molecule has 2 aromatic rings. The Bertz CT molecular complexity index is 784. The molecule has 9 nitrogen and oxygen atoms in total. The Morgan fingerprint density at radius 3 is 2.13 bits per heavy atom. The molecule has 1 aromatic heterocycles. The van der Waals surface area contributed by atoms with Crippen molar-refractivity contribution in [1.82, 2.24) is 20.2 Å². The van der Waals surface area contributed by atoms with Crippen LogP contribution in [0, 0.1) is 0 Å². The summed E-state index contributed by atoms with van der Waals surface area (Å²) >= 11 is 0. The first kappa shape index (κ1) is 24.4. The van der Waals surface area contributed by atoms with E-state index in [1.165, 1.54) is 57.5 Å². The number of nitrogens with zero attached hydrogens (tertiary/aromatic N) is 4. The fourth-order valence-electron chi connectivity index (χ4n) is 3.30. The van der Waals surface area contributed by atoms with Gasteiger partial charge in [-0.1, -0.05) is 51.9 Å². The number of benzene rings is 1. The number of aromatic nitrogens is 4. The fraction of sp³-hybridized carbons (Fsp3) is 0.636. The minimum absolute atomic E-state index is 0.0528. The van der Waals surface area contributed by atoms with Gasteiger partial charge >= 0.3 is 0 Å². The number of nitrogens with one attached hydrogen (secondary N) is 1. The summed E-state index contributed by atoms with van der Waals surface area (Å²) in [5.74, 6) is 1.80. The molecule has 2 rings (SSSR count). The monoisotopic (exact) mass is 433 g/mol. The van der Waals surface area contributed by atoms with Crippen LogP contribution in [0.25, 0.3) is 0 Å². The number of unbranched alkanes of at least 4 members (excludes halogenated alkanes) is 7. The van der Waals surface area contributed by atoms with Gasteiger partial charge in [-0.3, -0.25) is 4.79 Å². The molecule has 0 saturated carbocycles. The summed E-state index contributed by atoms with van der Waals surface area (Å²) in [4.78, 5) is 13.8. The molecule has 1 aromatic carbocycles. The van der Waals surface area contributed by atoms with Gasteiger partial charge < -0.3 is 19.5 Å². The first-order valence-corrected chi connectivity index (χ1v) is 11.0. The summed E-state index contributed by atoms with van der Waals surface area (Å²) in [6, 6.07) is 3.35. The third-order valence-electron chi connectivity index (χ3n) is 5.01. The molecule has 0 spiro atoms. The van der Waals surface area contributed by atoms with Gasteiger partial charge in [0.05, 0.1) is 21.3 Å². The lowest BCUT2D eigenvalue weighted by Gasteiger charge is -2.15. The normalized spacial score (nSPS) is 10.7. The number of hydrogen-bond acceptors (Lipinski definition) is 7. The van der Waals surface area contributed by atoms with Gasteiger partial charge in [-0.2, -0.15) is 4.80 Å². The number of carbonyl (C=O) groups excluding carboxylic acids is 1. The largest absolute Gasteiger partial charge is 0.496 e. The number of amides is 1. The molecule has 1 heterocycles. The standard InChI is InChI=1S/C22H35N5O4/c1-5-6-7-8-9-10-11-12-13-20-24-26-27(25-20)16-21(28)23-22-18(30-3)14-17(29-2)15-19(22)31-4/h14-15H,5-13,16H2,1-4H3,(H,23,28). The molecule has 0 saturated heterocycles. The molecule has 0 radical (unpaired) electrons. The molecule has 0 aliphatic rings. The number of tetrazole rings is 1. The van der Waals surface area contributed by atoms with Gasteiger partial charge in [0.15, 0.2) is 5.82 Å². The second kappa shape index (κ2) is 13.5. The molecule has 0 bridgehead atoms. The number of hydrogen-bond donors (Lipinski definition) is 1. The maximum absolute atomic E-state index is 12.5. The zero-order valence-corrected chi connectivity index (χ0v) is 19.1. The third-order valence-corrected chi connectivity index (χ3v) is 5.01. The molecule has 0 unspecified atom stereocenters. The van der Waals surface area contributed by atoms with E-state index in [4.69, 9.17) is 14.2 Å². The SMILES string of the molecule is CCCCCCCCCCc1nnn(CC(=O)Nc2c(OC)cc(OC)cc2OC)n1. The van der Waals surface area contributed by atoms with E-state index in [-0.39, 0.29) is 12.5 Å². The van der Waals surface area contributed by atoms with Crippen molar-refractivity contribution in [3.05, 3.63) is 18.0 Å². The third kappa shape index (κ3) is 8.07. The lowest BCUT2D eigenvalue weighted by atomic mass is 10.1. The van der Waals surface area contributed by atoms with E-state index in [9.17, 15) is 4.79 Å². The van der Waals surface area contributed by atoms with Crippen LogP contribution in [0.2, 0.25) is 0 Å². The average Bonchev–Trinajstić information content (AvgIpc) is 3.22. The van der Waals surface area contributed by atoms with Crippen molar-refractivity contribution in [3.8, 4) is 17.2 Å². The first-order chi connectivity index (χ1) is 15.1. The Hall–Kier alpha value is -2.84. The maximum atomic E-state index is 12.5. The van der Waals surface area contributed by atoms with E-state index in [2.05, 4.69) is 27.7 Å². The van der Waals surface area contributed by atoms with Gasteiger partial charge in [0.25, 0.3) is 0 Å². The molecule has 172 valence electrons. The lowest BCUT2D eigenvalue weighted by molar-refractivity contribution is -0.117. The number of rotatable bonds is 15. The second-order valence-electron chi connectivity index (χ2n) is 7.42. The van der Waals surface area contributed by atoms with E-state index in [0.717, 1.165) is 19.3 Å². The highest BCUT2D eigenvalue weighted by Crippen LogP contribution is 2.38. The predicted octanol–water partition coefficient (Wildman–Crippen LogP) is 4.02. The van der Waals surface area contributed by atoms with Crippen LogP contribution < -0.4 is 19.5 Å². The van der Waals surface area contributed by atoms with Gasteiger partial charge in [-0.05, 0) is 11.6 Å². The smallest absolute Gasteiger partial charge is 0.248 e. The number of carbonyl (C=O) groups is 1. The minimum atomic E-state index is -0.308. The Kier molecular flexibility index (Phi) is 10.6. The van der Waals surface area contributed by atoms with Gasteiger partial charge in [0.1, 0.15) is 29.5 Å². The quantitative estimate of drug-likeness (QED) is 0.423. The molecule has 1 N–H and O–H groups in total. The topological polar surface area (TPSA) is 100 Å². The van der Waals surface area contributed by atoms with Crippen LogP contribution in [0.15, 0.2) is 12.1 Å². The number of aryl methyl sites for hydroxylation is 1. The van der Waals surface area contributed by atoms with Crippen LogP contribution in [0.1, 0.15) is 64.1 Å². The fourth-order valence-corrected chi connectivity index (χ4v) is 3.30. The van der Waals surface area contributed by atoms with Gasteiger partial charge in [0, 0.05) is 18.6 Å². The zero-order chi connectivity index (χ0) is 22.5. The molecule has 0 atom stereocenters. The van der Waals surface area contributed by atoms with E-state index in [1.54, 1.807) is 19.2 Å². The Morgan fingerprint density at radius 2 is 1.55 bits per heavy atom. The van der Waals surface area contributed by atoms with Gasteiger partial charge in [-0.25, -0.2) is 0 Å². The summed E-state index contributed by atoms with van der Waals surface area (Å²) in [5.41, 5.74) is 0.426. The summed E-state index contributed by atoms with van der Waals surface area (Å²) < 4.78 is 15.9. The molecule has 0 aliphatic carbocycles. The number of ether oxygens (including phenoxy) is 3. The molecule has 1 amide bonds. The number of anilines is 1. The summed E-state index contributed by atoms with van der Waals surface area (Å²) in [6.45, 7) is 2.18. The molecule has 31 heavy (non-hydrogen) atoms. The summed E-state index contributed by atoms with van der Waals surface area (Å²) in [5, 5.41) is 15.2. The van der Waals surface area contributed by atoms with Crippen LogP contribution in [0.3, 0.4) is 0 Å². The highest BCUT2D eigenvalue weighted by Gasteiger charge is 2.17. The van der Waals surface area contributed by atoms with E-state index >= 15 is 0 Å². The van der Waals surface area contributed by atoms with Crippen LogP contribution >= 0.6 is 0 Å². The Labute approximate surface area is 184 Å². The Morgan fingerprint density at radius 1 is 0.935 bits per heavy atom. The minimum Gasteiger partial charge on any atom is -0.496 e. The molecule has 0 fully saturated rings. The molecular formula is C22H35N5O4. The second-order valence-corrected chi connectivity index (χ2v) is 7.42. The number of methoxy groups -OCH3 is 3. The zero-order valence-electron chi connectivity index (χ0n) is 19.1. The lowest BCUT2D eigenvalue weighted by Crippen LogP contribution is -2.21. The van der Waals surface area contributed by atoms with E-state index < -0.39 is 0 Å². The summed E-state index contributed by atoms with van der Waals surface area (Å²) in [6.07, 6.45) is 10.8. The van der Waals surface area contributed by atoms with Gasteiger partial charge in [-0.15, -0.1) is 10.2 Å². The first-order valence-electron chi connectivity index (χ1n) is 11.0. The Balaban J connectivity index is 1.81. The van der Waals surface area contributed by atoms with E-state index in [1.807, 2.05) is 0 Å². The van der Waals surface area contributed by atoms with Crippen LogP contribution in [-0.2, 0) is 17.8 Å². The maximum Gasteiger partial charge on any atom is 0.248 e. The van der Waals surface area contributed by atoms with Crippen molar-refractivity contribution < 1.29 is 19.0 Å². The highest BCUT2D eigenvalue weighted by molar-refractivity contribution is 5.94. The summed E-state index contributed by atoms with van der Waals surface area (Å²) in [7, 11) is 4.58. The van der Waals surface area contributed by atoms with Crippen molar-refractivity contribution in [2.75, 3.05) is 26.6 Å². The molecular weight excluding hydrogens is 398 g/mol. The van der Waals surface area contributed by atoms with E-state index in [0.29, 0.717) is 28.8 Å². The van der Waals surface area contributed by atoms with Crippen molar-refractivity contribution in [1.29, 1.82) is 0 Å². The van der Waals surface area contributed by atoms with Crippen LogP contribution in [0.4, 0.5) is 5.69 Å². The van der Waals surface area contributed by atoms with Crippen molar-refractivity contribution in [2.24, 2.45) is 0 Å². The molecule has 9 heteroatoms. The van der Waals surface area contributed by atoms with Crippen LogP contribution in [0.5, 0.6) is 17.2 Å².